The molecular weight excluding hydrogens is 232 g/mol. The Morgan fingerprint density at radius 3 is 2.61 bits per heavy atom. The second-order valence-corrected chi connectivity index (χ2v) is 4.68. The number of amides is 2. The Labute approximate surface area is 107 Å². The maximum atomic E-state index is 11.9. The zero-order valence-electron chi connectivity index (χ0n) is 11.0. The van der Waals surface area contributed by atoms with E-state index in [1.165, 1.54) is 6.92 Å². The summed E-state index contributed by atoms with van der Waals surface area (Å²) in [6.07, 6.45) is 2.17. The van der Waals surface area contributed by atoms with Crippen LogP contribution in [0.5, 0.6) is 0 Å². The van der Waals surface area contributed by atoms with Crippen LogP contribution in [0.25, 0.3) is 0 Å². The zero-order chi connectivity index (χ0) is 13.5. The molecule has 0 bridgehead atoms. The Kier molecular flexibility index (Phi) is 5.42. The van der Waals surface area contributed by atoms with Gasteiger partial charge in [0.1, 0.15) is 11.8 Å². The molecule has 0 unspecified atom stereocenters. The van der Waals surface area contributed by atoms with Gasteiger partial charge >= 0.3 is 0 Å². The number of furan rings is 1. The maximum Gasteiger partial charge on any atom is 0.242 e. The second kappa shape index (κ2) is 6.83. The van der Waals surface area contributed by atoms with Crippen molar-refractivity contribution in [3.8, 4) is 0 Å². The van der Waals surface area contributed by atoms with Crippen molar-refractivity contribution in [3.05, 3.63) is 24.2 Å². The third-order valence-electron chi connectivity index (χ3n) is 2.42. The minimum absolute atomic E-state index is 0.185. The first-order valence-electron chi connectivity index (χ1n) is 6.06. The highest BCUT2D eigenvalue weighted by molar-refractivity contribution is 5.86. The van der Waals surface area contributed by atoms with E-state index in [0.717, 1.165) is 0 Å². The summed E-state index contributed by atoms with van der Waals surface area (Å²) < 4.78 is 5.12. The van der Waals surface area contributed by atoms with E-state index < -0.39 is 6.04 Å². The molecule has 5 heteroatoms. The SMILES string of the molecule is CC(=O)N[C@@H](CC(C)C)C(=O)NCc1ccco1. The molecule has 5 nitrogen and oxygen atoms in total. The molecule has 1 aromatic heterocycles. The van der Waals surface area contributed by atoms with Crippen LogP contribution >= 0.6 is 0 Å². The third kappa shape index (κ3) is 5.03. The topological polar surface area (TPSA) is 71.3 Å². The first-order valence-corrected chi connectivity index (χ1v) is 6.06. The van der Waals surface area contributed by atoms with E-state index in [2.05, 4.69) is 10.6 Å². The van der Waals surface area contributed by atoms with Crippen LogP contribution in [0.4, 0.5) is 0 Å². The van der Waals surface area contributed by atoms with Crippen LogP contribution in [-0.2, 0) is 16.1 Å². The second-order valence-electron chi connectivity index (χ2n) is 4.68. The standard InChI is InChI=1S/C13H20N2O3/c1-9(2)7-12(15-10(3)16)13(17)14-8-11-5-4-6-18-11/h4-6,9,12H,7-8H2,1-3H3,(H,14,17)(H,15,16)/t12-/m0/s1. The fourth-order valence-corrected chi connectivity index (χ4v) is 1.66. The highest BCUT2D eigenvalue weighted by Crippen LogP contribution is 2.06. The molecule has 0 saturated carbocycles. The molecule has 100 valence electrons. The summed E-state index contributed by atoms with van der Waals surface area (Å²) in [6.45, 7) is 5.76. The minimum Gasteiger partial charge on any atom is -0.467 e. The predicted molar refractivity (Wildman–Crippen MR) is 67.6 cm³/mol. The zero-order valence-corrected chi connectivity index (χ0v) is 11.0. The van der Waals surface area contributed by atoms with E-state index in [1.807, 2.05) is 13.8 Å². The molecule has 1 aromatic rings. The average molecular weight is 252 g/mol. The summed E-state index contributed by atoms with van der Waals surface area (Å²) in [7, 11) is 0. The van der Waals surface area contributed by atoms with Gasteiger partial charge < -0.3 is 15.1 Å². The summed E-state index contributed by atoms with van der Waals surface area (Å²) in [4.78, 5) is 23.0. The van der Waals surface area contributed by atoms with Gasteiger partial charge in [0, 0.05) is 6.92 Å². The number of rotatable bonds is 6. The Balaban J connectivity index is 2.50. The molecule has 1 rings (SSSR count). The minimum atomic E-state index is -0.488. The molecule has 1 heterocycles. The maximum absolute atomic E-state index is 11.9. The van der Waals surface area contributed by atoms with Crippen molar-refractivity contribution in [2.75, 3.05) is 0 Å². The smallest absolute Gasteiger partial charge is 0.242 e. The van der Waals surface area contributed by atoms with E-state index in [1.54, 1.807) is 18.4 Å². The van der Waals surface area contributed by atoms with Crippen LogP contribution in [0.3, 0.4) is 0 Å². The molecule has 0 spiro atoms. The Morgan fingerprint density at radius 1 is 1.39 bits per heavy atom. The van der Waals surface area contributed by atoms with E-state index in [4.69, 9.17) is 4.42 Å². The van der Waals surface area contributed by atoms with Crippen LogP contribution in [0.2, 0.25) is 0 Å². The average Bonchev–Trinajstić information content (AvgIpc) is 2.76. The van der Waals surface area contributed by atoms with Gasteiger partial charge in [-0.1, -0.05) is 13.8 Å². The van der Waals surface area contributed by atoms with E-state index in [9.17, 15) is 9.59 Å². The number of hydrogen-bond donors (Lipinski definition) is 2. The molecule has 2 N–H and O–H groups in total. The van der Waals surface area contributed by atoms with Crippen LogP contribution in [-0.4, -0.2) is 17.9 Å². The summed E-state index contributed by atoms with van der Waals surface area (Å²) in [5, 5.41) is 5.41. The lowest BCUT2D eigenvalue weighted by Crippen LogP contribution is -2.46. The molecule has 0 aromatic carbocycles. The van der Waals surface area contributed by atoms with Crippen LogP contribution in [0, 0.1) is 5.92 Å². The number of hydrogen-bond acceptors (Lipinski definition) is 3. The molecular formula is C13H20N2O3. The summed E-state index contributed by atoms with van der Waals surface area (Å²) in [6, 6.07) is 3.06. The highest BCUT2D eigenvalue weighted by Gasteiger charge is 2.20. The van der Waals surface area contributed by atoms with Gasteiger partial charge in [0.05, 0.1) is 12.8 Å². The van der Waals surface area contributed by atoms with E-state index in [0.29, 0.717) is 24.6 Å². The molecule has 0 aliphatic rings. The van der Waals surface area contributed by atoms with Crippen molar-refractivity contribution in [1.29, 1.82) is 0 Å². The van der Waals surface area contributed by atoms with Crippen molar-refractivity contribution >= 4 is 11.8 Å². The fourth-order valence-electron chi connectivity index (χ4n) is 1.66. The monoisotopic (exact) mass is 252 g/mol. The van der Waals surface area contributed by atoms with Gasteiger partial charge in [0.2, 0.25) is 11.8 Å². The van der Waals surface area contributed by atoms with Crippen LogP contribution in [0.1, 0.15) is 33.0 Å². The molecule has 0 fully saturated rings. The highest BCUT2D eigenvalue weighted by atomic mass is 16.3. The Bertz CT molecular complexity index is 385. The molecule has 0 saturated heterocycles. The van der Waals surface area contributed by atoms with Crippen molar-refractivity contribution < 1.29 is 14.0 Å². The Morgan fingerprint density at radius 2 is 2.11 bits per heavy atom. The first kappa shape index (κ1) is 14.3. The number of carbonyl (C=O) groups excluding carboxylic acids is 2. The molecule has 0 aliphatic heterocycles. The van der Waals surface area contributed by atoms with Gasteiger partial charge in [-0.2, -0.15) is 0 Å². The fraction of sp³-hybridized carbons (Fsp3) is 0.538. The summed E-state index contributed by atoms with van der Waals surface area (Å²) >= 11 is 0. The van der Waals surface area contributed by atoms with Gasteiger partial charge in [-0.05, 0) is 24.5 Å². The quantitative estimate of drug-likeness (QED) is 0.805. The van der Waals surface area contributed by atoms with Gasteiger partial charge in [0.25, 0.3) is 0 Å². The van der Waals surface area contributed by atoms with Gasteiger partial charge in [-0.3, -0.25) is 9.59 Å². The van der Waals surface area contributed by atoms with E-state index >= 15 is 0 Å². The van der Waals surface area contributed by atoms with Crippen molar-refractivity contribution in [3.63, 3.8) is 0 Å². The van der Waals surface area contributed by atoms with Gasteiger partial charge in [0.15, 0.2) is 0 Å². The molecule has 0 radical (unpaired) electrons. The van der Waals surface area contributed by atoms with Crippen molar-refractivity contribution in [2.24, 2.45) is 5.92 Å². The van der Waals surface area contributed by atoms with Gasteiger partial charge in [-0.25, -0.2) is 0 Å². The van der Waals surface area contributed by atoms with Gasteiger partial charge in [-0.15, -0.1) is 0 Å². The molecule has 0 aliphatic carbocycles. The summed E-state index contributed by atoms with van der Waals surface area (Å²) in [5.74, 6) is 0.634. The third-order valence-corrected chi connectivity index (χ3v) is 2.42. The molecule has 18 heavy (non-hydrogen) atoms. The lowest BCUT2D eigenvalue weighted by Gasteiger charge is -2.19. The Hall–Kier alpha value is -1.78. The largest absolute Gasteiger partial charge is 0.467 e. The van der Waals surface area contributed by atoms with E-state index in [-0.39, 0.29) is 11.8 Å². The lowest BCUT2D eigenvalue weighted by atomic mass is 10.0. The lowest BCUT2D eigenvalue weighted by molar-refractivity contribution is -0.128. The predicted octanol–water partition coefficient (Wildman–Crippen LogP) is 1.45. The van der Waals surface area contributed by atoms with Crippen molar-refractivity contribution in [1.82, 2.24) is 10.6 Å². The molecule has 2 amide bonds. The summed E-state index contributed by atoms with van der Waals surface area (Å²) in [5.41, 5.74) is 0. The number of carbonyl (C=O) groups is 2. The molecule has 1 atom stereocenters. The first-order chi connectivity index (χ1) is 8.49. The number of nitrogens with one attached hydrogen (secondary N) is 2. The normalized spacial score (nSPS) is 12.2. The van der Waals surface area contributed by atoms with Crippen molar-refractivity contribution in [2.45, 2.75) is 39.8 Å². The van der Waals surface area contributed by atoms with Crippen LogP contribution < -0.4 is 10.6 Å². The van der Waals surface area contributed by atoms with Crippen LogP contribution in [0.15, 0.2) is 22.8 Å².